The Kier molecular flexibility index (Phi) is 7.92. The highest BCUT2D eigenvalue weighted by Crippen LogP contribution is 2.38. The lowest BCUT2D eigenvalue weighted by Gasteiger charge is -2.36. The van der Waals surface area contributed by atoms with Gasteiger partial charge in [0.25, 0.3) is 0 Å². The smallest absolute Gasteiger partial charge is 0.351 e. The second kappa shape index (κ2) is 11.5. The number of nitrogens with zero attached hydrogens (tertiary/aromatic N) is 6. The van der Waals surface area contributed by atoms with Crippen LogP contribution < -0.4 is 15.5 Å². The number of hydrogen-bond donors (Lipinski definition) is 3. The van der Waals surface area contributed by atoms with Gasteiger partial charge in [-0.25, -0.2) is 14.8 Å². The van der Waals surface area contributed by atoms with E-state index in [2.05, 4.69) is 35.9 Å². The Morgan fingerprint density at radius 1 is 1.15 bits per heavy atom. The number of aromatic amines is 1. The summed E-state index contributed by atoms with van der Waals surface area (Å²) in [5, 5.41) is 16.8. The second-order valence-corrected chi connectivity index (χ2v) is 9.97. The molecule has 5 rings (SSSR count). The van der Waals surface area contributed by atoms with Gasteiger partial charge in [-0.1, -0.05) is 41.9 Å². The van der Waals surface area contributed by atoms with Crippen LogP contribution in [0.1, 0.15) is 36.8 Å². The van der Waals surface area contributed by atoms with Crippen molar-refractivity contribution in [1.29, 1.82) is 0 Å². The molecule has 210 valence electrons. The van der Waals surface area contributed by atoms with Crippen LogP contribution in [0, 0.1) is 0 Å². The van der Waals surface area contributed by atoms with Gasteiger partial charge in [0.2, 0.25) is 5.95 Å². The van der Waals surface area contributed by atoms with Crippen molar-refractivity contribution < 1.29 is 18.0 Å². The molecular weight excluding hydrogens is 547 g/mol. The Morgan fingerprint density at radius 2 is 1.90 bits per heavy atom. The molecule has 0 saturated heterocycles. The van der Waals surface area contributed by atoms with Crippen molar-refractivity contribution in [3.63, 3.8) is 0 Å². The predicted octanol–water partition coefficient (Wildman–Crippen LogP) is 5.41. The molecule has 1 saturated carbocycles. The minimum absolute atomic E-state index is 0.0239. The first-order valence-electron chi connectivity index (χ1n) is 12.7. The highest BCUT2D eigenvalue weighted by Gasteiger charge is 2.37. The van der Waals surface area contributed by atoms with Gasteiger partial charge in [0.05, 0.1) is 11.2 Å². The third-order valence-corrected chi connectivity index (χ3v) is 7.06. The van der Waals surface area contributed by atoms with Crippen LogP contribution in [0.4, 0.5) is 29.7 Å². The summed E-state index contributed by atoms with van der Waals surface area (Å²) < 4.78 is 42.5. The third-order valence-electron chi connectivity index (χ3n) is 6.77. The van der Waals surface area contributed by atoms with Crippen molar-refractivity contribution in [2.24, 2.45) is 7.05 Å². The van der Waals surface area contributed by atoms with Crippen LogP contribution in [0.25, 0.3) is 11.4 Å². The molecule has 0 spiro atoms. The van der Waals surface area contributed by atoms with E-state index < -0.39 is 11.7 Å². The number of rotatable bonds is 7. The zero-order valence-electron chi connectivity index (χ0n) is 21.5. The number of hydrogen-bond acceptors (Lipinski definition) is 6. The van der Waals surface area contributed by atoms with E-state index in [1.54, 1.807) is 28.9 Å². The summed E-state index contributed by atoms with van der Waals surface area (Å²) in [6.07, 6.45) is 1.65. The summed E-state index contributed by atoms with van der Waals surface area (Å²) in [5.41, 5.74) is -0.439. The first kappa shape index (κ1) is 27.4. The predicted molar refractivity (Wildman–Crippen MR) is 144 cm³/mol. The van der Waals surface area contributed by atoms with Gasteiger partial charge >= 0.3 is 12.2 Å². The van der Waals surface area contributed by atoms with Crippen LogP contribution in [-0.2, 0) is 19.8 Å². The molecule has 2 amide bonds. The normalized spacial score (nSPS) is 17.4. The molecule has 1 aliphatic carbocycles. The van der Waals surface area contributed by atoms with Crippen molar-refractivity contribution in [3.8, 4) is 11.4 Å². The molecule has 40 heavy (non-hydrogen) atoms. The molecule has 1 aromatic carbocycles. The van der Waals surface area contributed by atoms with Crippen LogP contribution in [0.2, 0.25) is 5.02 Å². The van der Waals surface area contributed by atoms with E-state index >= 15 is 0 Å². The summed E-state index contributed by atoms with van der Waals surface area (Å²) in [4.78, 5) is 23.0. The van der Waals surface area contributed by atoms with Crippen LogP contribution in [0.15, 0.2) is 55.0 Å². The fraction of sp³-hybridized carbons (Fsp3) is 0.346. The lowest BCUT2D eigenvalue weighted by atomic mass is 9.90. The van der Waals surface area contributed by atoms with Gasteiger partial charge in [-0.15, -0.1) is 0 Å². The minimum atomic E-state index is -4.67. The highest BCUT2D eigenvalue weighted by atomic mass is 35.5. The molecule has 4 aromatic rings. The molecule has 3 N–H and O–H groups in total. The zero-order chi connectivity index (χ0) is 28.3. The number of anilines is 2. The summed E-state index contributed by atoms with van der Waals surface area (Å²) in [6.45, 7) is 0.383. The maximum absolute atomic E-state index is 13.6. The standard InChI is InChI=1S/C26H27ClF3N9O/c1-38-12-11-21(37-38)39(25(40)32-13-16-5-3-2-4-6-16)18-9-7-17(8-10-18)34-24-31-14-19(26(28,29)30)22(35-24)23-20(27)15-33-36-23/h2-6,11-12,14-15,17-18H,7-10,13H2,1H3,(H,32,40)(H,33,36)(H,31,34,35). The molecule has 0 unspecified atom stereocenters. The molecule has 14 heteroatoms. The molecule has 0 atom stereocenters. The van der Waals surface area contributed by atoms with Gasteiger partial charge in [-0.05, 0) is 31.2 Å². The molecule has 1 fully saturated rings. The summed E-state index contributed by atoms with van der Waals surface area (Å²) in [7, 11) is 1.79. The molecule has 3 aromatic heterocycles. The second-order valence-electron chi connectivity index (χ2n) is 9.56. The Balaban J connectivity index is 1.28. The van der Waals surface area contributed by atoms with Gasteiger partial charge in [-0.2, -0.15) is 23.4 Å². The van der Waals surface area contributed by atoms with E-state index in [0.29, 0.717) is 38.0 Å². The van der Waals surface area contributed by atoms with E-state index in [-0.39, 0.29) is 40.5 Å². The van der Waals surface area contributed by atoms with Crippen LogP contribution in [0.5, 0.6) is 0 Å². The van der Waals surface area contributed by atoms with Crippen molar-refractivity contribution in [3.05, 3.63) is 71.1 Å². The number of H-pyrrole nitrogens is 1. The monoisotopic (exact) mass is 573 g/mol. The first-order valence-corrected chi connectivity index (χ1v) is 13.1. The number of aromatic nitrogens is 6. The number of amides is 2. The average Bonchev–Trinajstić information content (AvgIpc) is 3.56. The molecule has 1 aliphatic rings. The molecular formula is C26H27ClF3N9O. The Hall–Kier alpha value is -4.13. The van der Waals surface area contributed by atoms with Gasteiger partial charge in [0.1, 0.15) is 17.0 Å². The van der Waals surface area contributed by atoms with Crippen molar-refractivity contribution >= 4 is 29.4 Å². The van der Waals surface area contributed by atoms with Crippen molar-refractivity contribution in [1.82, 2.24) is 35.3 Å². The SMILES string of the molecule is Cn1ccc(N(C(=O)NCc2ccccc2)C2CCC(Nc3ncc(C(F)(F)F)c(-c4[nH]ncc4Cl)n3)CC2)n1. The summed E-state index contributed by atoms with van der Waals surface area (Å²) in [5.74, 6) is 0.607. The third kappa shape index (κ3) is 6.19. The van der Waals surface area contributed by atoms with E-state index in [1.165, 1.54) is 6.20 Å². The topological polar surface area (TPSA) is 117 Å². The Bertz CT molecular complexity index is 1450. The molecule has 10 nitrogen and oxygen atoms in total. The number of urea groups is 1. The number of aryl methyl sites for hydroxylation is 1. The van der Waals surface area contributed by atoms with Crippen LogP contribution >= 0.6 is 11.6 Å². The number of carbonyl (C=O) groups excluding carboxylic acids is 1. The van der Waals surface area contributed by atoms with Crippen molar-refractivity contribution in [2.75, 3.05) is 10.2 Å². The van der Waals surface area contributed by atoms with Gasteiger partial charge < -0.3 is 10.6 Å². The molecule has 0 aliphatic heterocycles. The van der Waals surface area contributed by atoms with Gasteiger partial charge in [-0.3, -0.25) is 14.7 Å². The Morgan fingerprint density at radius 3 is 2.52 bits per heavy atom. The van der Waals surface area contributed by atoms with E-state index in [4.69, 9.17) is 11.6 Å². The maximum Gasteiger partial charge on any atom is 0.420 e. The highest BCUT2D eigenvalue weighted by molar-refractivity contribution is 6.32. The summed E-state index contributed by atoms with van der Waals surface area (Å²) >= 11 is 6.04. The first-order chi connectivity index (χ1) is 19.2. The van der Waals surface area contributed by atoms with Gasteiger partial charge in [0.15, 0.2) is 5.82 Å². The fourth-order valence-corrected chi connectivity index (χ4v) is 4.98. The van der Waals surface area contributed by atoms with Crippen LogP contribution in [0.3, 0.4) is 0 Å². The number of halogens is 4. The van der Waals surface area contributed by atoms with Crippen LogP contribution in [-0.4, -0.2) is 48.1 Å². The Labute approximate surface area is 233 Å². The molecule has 0 bridgehead atoms. The fourth-order valence-electron chi connectivity index (χ4n) is 4.79. The van der Waals surface area contributed by atoms with E-state index in [0.717, 1.165) is 11.8 Å². The van der Waals surface area contributed by atoms with E-state index in [9.17, 15) is 18.0 Å². The number of nitrogens with one attached hydrogen (secondary N) is 3. The quantitative estimate of drug-likeness (QED) is 0.272. The lowest BCUT2D eigenvalue weighted by molar-refractivity contribution is -0.137. The minimum Gasteiger partial charge on any atom is -0.351 e. The number of carbonyl (C=O) groups is 1. The lowest BCUT2D eigenvalue weighted by Crippen LogP contribution is -2.49. The largest absolute Gasteiger partial charge is 0.420 e. The van der Waals surface area contributed by atoms with Gasteiger partial charge in [0, 0.05) is 44.1 Å². The zero-order valence-corrected chi connectivity index (χ0v) is 22.2. The van der Waals surface area contributed by atoms with Crippen molar-refractivity contribution in [2.45, 2.75) is 50.5 Å². The number of alkyl halides is 3. The molecule has 0 radical (unpaired) electrons. The average molecular weight is 574 g/mol. The maximum atomic E-state index is 13.6. The van der Waals surface area contributed by atoms with E-state index in [1.807, 2.05) is 30.3 Å². The number of benzene rings is 1. The summed E-state index contributed by atoms with van der Waals surface area (Å²) in [6, 6.07) is 11.0. The molecule has 3 heterocycles.